The molecule has 0 unspecified atom stereocenters. The summed E-state index contributed by atoms with van der Waals surface area (Å²) in [5, 5.41) is 15.2. The van der Waals surface area contributed by atoms with Crippen LogP contribution in [0.25, 0.3) is 0 Å². The number of aromatic nitrogens is 4. The van der Waals surface area contributed by atoms with Crippen molar-refractivity contribution in [1.82, 2.24) is 20.4 Å². The van der Waals surface area contributed by atoms with Crippen LogP contribution >= 0.6 is 44.3 Å². The fourth-order valence-electron chi connectivity index (χ4n) is 0.533. The summed E-state index contributed by atoms with van der Waals surface area (Å²) in [4.78, 5) is 0. The first-order valence-corrected chi connectivity index (χ1v) is 7.69. The molecule has 0 saturated heterocycles. The Morgan fingerprint density at radius 2 is 1.12 bits per heavy atom. The normalized spacial score (nSPS) is 9.25. The van der Waals surface area contributed by atoms with Crippen molar-refractivity contribution in [1.29, 1.82) is 0 Å². The van der Waals surface area contributed by atoms with Gasteiger partial charge in [-0.05, 0) is 30.3 Å². The van der Waals surface area contributed by atoms with E-state index < -0.39 is 0 Å². The zero-order valence-corrected chi connectivity index (χ0v) is 13.1. The Morgan fingerprint density at radius 3 is 1.38 bits per heavy atom. The van der Waals surface area contributed by atoms with Crippen LogP contribution in [0.4, 0.5) is 0 Å². The Bertz CT molecular complexity index is 391. The Kier molecular flexibility index (Phi) is 9.31. The minimum Gasteiger partial charge on any atom is -0.406 e. The van der Waals surface area contributed by atoms with Crippen molar-refractivity contribution in [3.05, 3.63) is 0 Å². The van der Waals surface area contributed by atoms with Crippen molar-refractivity contribution in [3.8, 4) is 0 Å². The molecular formula is C4Li2N4S6. The summed E-state index contributed by atoms with van der Waals surface area (Å²) in [6.45, 7) is 0. The molecule has 2 aromatic rings. The second kappa shape index (κ2) is 8.54. The summed E-state index contributed by atoms with van der Waals surface area (Å²) in [6, 6.07) is 0. The van der Waals surface area contributed by atoms with Gasteiger partial charge in [-0.2, -0.15) is 20.4 Å². The van der Waals surface area contributed by atoms with Gasteiger partial charge in [-0.15, -0.1) is 0 Å². The van der Waals surface area contributed by atoms with Crippen LogP contribution in [0.2, 0.25) is 0 Å². The molecular weight excluding hydrogens is 310 g/mol. The Labute approximate surface area is 143 Å². The molecule has 0 bridgehead atoms. The number of hydrogen-bond donors (Lipinski definition) is 0. The van der Waals surface area contributed by atoms with Gasteiger partial charge in [-0.3, -0.25) is 0 Å². The molecule has 0 N–H and O–H groups in total. The van der Waals surface area contributed by atoms with Gasteiger partial charge in [-0.25, -0.2) is 0 Å². The molecule has 2 aromatic heterocycles. The van der Waals surface area contributed by atoms with Gasteiger partial charge in [0.2, 0.25) is 0 Å². The van der Waals surface area contributed by atoms with Crippen LogP contribution in [0.3, 0.4) is 0 Å². The van der Waals surface area contributed by atoms with Crippen LogP contribution in [0.1, 0.15) is 0 Å². The van der Waals surface area contributed by atoms with E-state index in [4.69, 9.17) is 25.3 Å². The van der Waals surface area contributed by atoms with Crippen molar-refractivity contribution in [2.24, 2.45) is 0 Å². The fraction of sp³-hybridized carbons (Fsp3) is 0. The second-order valence-electron chi connectivity index (χ2n) is 1.83. The SMILES string of the molecule is [Li+].[Li+].[S-]c1nnc(SSc2nnc([S-])s2)s1. The van der Waals surface area contributed by atoms with Crippen LogP contribution in [0.15, 0.2) is 17.4 Å². The molecule has 16 heavy (non-hydrogen) atoms. The van der Waals surface area contributed by atoms with Crippen LogP contribution in [0, 0.1) is 0 Å². The zero-order valence-electron chi connectivity index (χ0n) is 8.24. The molecule has 0 aromatic carbocycles. The van der Waals surface area contributed by atoms with E-state index in [1.807, 2.05) is 0 Å². The molecule has 0 fully saturated rings. The maximum absolute atomic E-state index is 4.85. The van der Waals surface area contributed by atoms with Gasteiger partial charge in [0.25, 0.3) is 0 Å². The summed E-state index contributed by atoms with van der Waals surface area (Å²) in [5.41, 5.74) is 0. The summed E-state index contributed by atoms with van der Waals surface area (Å²) < 4.78 is 2.74. The van der Waals surface area contributed by atoms with E-state index >= 15 is 0 Å². The van der Waals surface area contributed by atoms with E-state index in [9.17, 15) is 0 Å². The van der Waals surface area contributed by atoms with Gasteiger partial charge in [0.05, 0.1) is 8.68 Å². The van der Waals surface area contributed by atoms with Gasteiger partial charge >= 0.3 is 37.7 Å². The molecule has 0 radical (unpaired) electrons. The van der Waals surface area contributed by atoms with Crippen LogP contribution in [-0.2, 0) is 25.3 Å². The van der Waals surface area contributed by atoms with E-state index in [1.54, 1.807) is 0 Å². The van der Waals surface area contributed by atoms with E-state index in [0.29, 0.717) is 8.68 Å². The van der Waals surface area contributed by atoms with E-state index in [2.05, 4.69) is 20.4 Å². The van der Waals surface area contributed by atoms with Crippen LogP contribution in [-0.4, -0.2) is 20.4 Å². The molecule has 0 atom stereocenters. The standard InChI is InChI=1S/C4H2N4S6.2Li/c9-1-5-7-3(11-1)13-14-4-8-6-2(10)12-4;;/h(H,5,9)(H,6,10);;/q;2*+1/p-2. The Morgan fingerprint density at radius 1 is 0.750 bits per heavy atom. The van der Waals surface area contributed by atoms with E-state index in [1.165, 1.54) is 44.3 Å². The minimum absolute atomic E-state index is 0. The minimum atomic E-state index is 0. The van der Waals surface area contributed by atoms with Crippen molar-refractivity contribution < 1.29 is 37.7 Å². The first-order chi connectivity index (χ1) is 6.74. The molecule has 2 rings (SSSR count). The molecule has 0 aliphatic rings. The molecule has 0 aliphatic heterocycles. The monoisotopic (exact) mass is 310 g/mol. The number of nitrogens with zero attached hydrogens (tertiary/aromatic N) is 4. The molecule has 0 spiro atoms. The molecule has 0 aliphatic carbocycles. The van der Waals surface area contributed by atoms with Crippen LogP contribution < -0.4 is 37.7 Å². The third-order valence-electron chi connectivity index (χ3n) is 0.960. The largest absolute Gasteiger partial charge is 1.00 e. The van der Waals surface area contributed by atoms with Gasteiger partial charge in [-0.1, -0.05) is 0 Å². The Hall–Kier alpha value is 1.45. The maximum Gasteiger partial charge on any atom is 1.00 e. The summed E-state index contributed by atoms with van der Waals surface area (Å²) in [7, 11) is 2.93. The smallest absolute Gasteiger partial charge is 0.406 e. The van der Waals surface area contributed by atoms with Crippen molar-refractivity contribution in [2.75, 3.05) is 0 Å². The average molecular weight is 310 g/mol. The average Bonchev–Trinajstić information content (AvgIpc) is 2.72. The van der Waals surface area contributed by atoms with E-state index in [-0.39, 0.29) is 37.7 Å². The number of hydrogen-bond acceptors (Lipinski definition) is 10. The third-order valence-corrected chi connectivity index (χ3v) is 6.01. The predicted molar refractivity (Wildman–Crippen MR) is 62.8 cm³/mol. The molecule has 4 nitrogen and oxygen atoms in total. The molecule has 12 heteroatoms. The first-order valence-electron chi connectivity index (χ1n) is 3.09. The molecule has 2 heterocycles. The van der Waals surface area contributed by atoms with Crippen molar-refractivity contribution in [3.63, 3.8) is 0 Å². The third kappa shape index (κ3) is 5.40. The van der Waals surface area contributed by atoms with Gasteiger partial charge in [0.1, 0.15) is 0 Å². The number of rotatable bonds is 3. The quantitative estimate of drug-likeness (QED) is 0.323. The zero-order chi connectivity index (χ0) is 9.97. The summed E-state index contributed by atoms with van der Waals surface area (Å²) in [5.74, 6) is 0. The van der Waals surface area contributed by atoms with Gasteiger partial charge in [0.15, 0.2) is 0 Å². The fourth-order valence-corrected chi connectivity index (χ4v) is 4.92. The molecule has 74 valence electrons. The summed E-state index contributed by atoms with van der Waals surface area (Å²) >= 11 is 12.5. The van der Waals surface area contributed by atoms with E-state index in [0.717, 1.165) is 8.68 Å². The Balaban J connectivity index is 0.00000112. The van der Waals surface area contributed by atoms with Gasteiger partial charge < -0.3 is 47.9 Å². The first kappa shape index (κ1) is 17.5. The predicted octanol–water partition coefficient (Wildman–Crippen LogP) is -3.99. The topological polar surface area (TPSA) is 51.6 Å². The molecule has 0 saturated carbocycles. The summed E-state index contributed by atoms with van der Waals surface area (Å²) in [6.07, 6.45) is 0. The van der Waals surface area contributed by atoms with Crippen molar-refractivity contribution >= 4 is 69.5 Å². The van der Waals surface area contributed by atoms with Gasteiger partial charge in [0, 0.05) is 0 Å². The van der Waals surface area contributed by atoms with Crippen molar-refractivity contribution in [2.45, 2.75) is 17.4 Å². The maximum atomic E-state index is 4.85. The van der Waals surface area contributed by atoms with Crippen LogP contribution in [0.5, 0.6) is 0 Å². The molecule has 0 amide bonds. The second-order valence-corrected chi connectivity index (χ2v) is 7.70.